The molecule has 0 aliphatic rings. The number of rotatable bonds is 10. The maximum absolute atomic E-state index is 11.4. The zero-order valence-corrected chi connectivity index (χ0v) is 13.0. The first-order valence-corrected chi connectivity index (χ1v) is 6.99. The summed E-state index contributed by atoms with van der Waals surface area (Å²) in [5.74, 6) is -0.247. The van der Waals surface area contributed by atoms with Gasteiger partial charge in [0, 0.05) is 13.0 Å². The molecule has 0 radical (unpaired) electrons. The molecule has 6 heteroatoms. The van der Waals surface area contributed by atoms with Gasteiger partial charge >= 0.3 is 5.97 Å². The van der Waals surface area contributed by atoms with E-state index in [2.05, 4.69) is 5.32 Å². The molecule has 6 nitrogen and oxygen atoms in total. The highest BCUT2D eigenvalue weighted by Gasteiger charge is 2.15. The number of hydrogen-bond acceptors (Lipinski definition) is 5. The van der Waals surface area contributed by atoms with Crippen LogP contribution in [-0.2, 0) is 23.8 Å². The van der Waals surface area contributed by atoms with Gasteiger partial charge in [0.25, 0.3) is 0 Å². The molecule has 0 aromatic rings. The van der Waals surface area contributed by atoms with Crippen molar-refractivity contribution in [2.45, 2.75) is 46.1 Å². The molecule has 1 N–H and O–H groups in total. The minimum absolute atomic E-state index is 0.0159. The van der Waals surface area contributed by atoms with Crippen LogP contribution in [0.15, 0.2) is 0 Å². The lowest BCUT2D eigenvalue weighted by Crippen LogP contribution is -2.26. The summed E-state index contributed by atoms with van der Waals surface area (Å²) in [4.78, 5) is 22.3. The first-order valence-electron chi connectivity index (χ1n) is 6.99. The minimum atomic E-state index is -0.455. The molecule has 0 aromatic heterocycles. The minimum Gasteiger partial charge on any atom is -0.460 e. The Morgan fingerprint density at radius 3 is 2.15 bits per heavy atom. The van der Waals surface area contributed by atoms with Gasteiger partial charge in [0.2, 0.25) is 5.91 Å². The third-order valence-corrected chi connectivity index (χ3v) is 2.13. The van der Waals surface area contributed by atoms with Gasteiger partial charge in [0.05, 0.1) is 32.8 Å². The van der Waals surface area contributed by atoms with E-state index in [4.69, 9.17) is 14.2 Å². The molecule has 0 saturated heterocycles. The predicted molar refractivity (Wildman–Crippen MR) is 75.4 cm³/mol. The third-order valence-electron chi connectivity index (χ3n) is 2.13. The van der Waals surface area contributed by atoms with E-state index in [1.165, 1.54) is 0 Å². The molecule has 0 unspecified atom stereocenters. The second-order valence-electron chi connectivity index (χ2n) is 5.26. The van der Waals surface area contributed by atoms with Gasteiger partial charge in [-0.3, -0.25) is 9.59 Å². The van der Waals surface area contributed by atoms with Crippen LogP contribution in [0.25, 0.3) is 0 Å². The molecule has 0 saturated carbocycles. The number of carbonyl (C=O) groups is 2. The summed E-state index contributed by atoms with van der Waals surface area (Å²) in [6.07, 6.45) is 0.720. The zero-order chi connectivity index (χ0) is 15.4. The number of amides is 1. The van der Waals surface area contributed by atoms with Crippen molar-refractivity contribution in [1.29, 1.82) is 0 Å². The predicted octanol–water partition coefficient (Wildman–Crippen LogP) is 1.28. The highest BCUT2D eigenvalue weighted by atomic mass is 16.6. The lowest BCUT2D eigenvalue weighted by Gasteiger charge is -2.19. The number of esters is 1. The van der Waals surface area contributed by atoms with E-state index < -0.39 is 5.60 Å². The van der Waals surface area contributed by atoms with Gasteiger partial charge in [-0.1, -0.05) is 6.92 Å². The fourth-order valence-corrected chi connectivity index (χ4v) is 1.26. The molecular weight excluding hydrogens is 262 g/mol. The Labute approximate surface area is 121 Å². The maximum atomic E-state index is 11.4. The second kappa shape index (κ2) is 10.6. The summed E-state index contributed by atoms with van der Waals surface area (Å²) in [7, 11) is 0. The number of carbonyl (C=O) groups excluding carboxylic acids is 2. The first-order chi connectivity index (χ1) is 9.35. The van der Waals surface area contributed by atoms with Gasteiger partial charge in [0.1, 0.15) is 5.60 Å². The van der Waals surface area contributed by atoms with E-state index in [1.54, 1.807) is 6.92 Å². The van der Waals surface area contributed by atoms with Crippen molar-refractivity contribution in [1.82, 2.24) is 5.32 Å². The Kier molecular flexibility index (Phi) is 10.0. The molecule has 0 aliphatic carbocycles. The van der Waals surface area contributed by atoms with Crippen LogP contribution in [0.3, 0.4) is 0 Å². The van der Waals surface area contributed by atoms with Gasteiger partial charge in [0.15, 0.2) is 0 Å². The van der Waals surface area contributed by atoms with Crippen molar-refractivity contribution in [3.8, 4) is 0 Å². The van der Waals surface area contributed by atoms with E-state index in [0.717, 1.165) is 0 Å². The second-order valence-corrected chi connectivity index (χ2v) is 5.26. The third kappa shape index (κ3) is 13.3. The number of hydrogen-bond donors (Lipinski definition) is 1. The van der Waals surface area contributed by atoms with E-state index in [-0.39, 0.29) is 18.3 Å². The van der Waals surface area contributed by atoms with Crippen LogP contribution in [0, 0.1) is 0 Å². The quantitative estimate of drug-likeness (QED) is 0.484. The molecule has 0 heterocycles. The molecule has 0 rings (SSSR count). The van der Waals surface area contributed by atoms with Crippen molar-refractivity contribution < 1.29 is 23.8 Å². The van der Waals surface area contributed by atoms with Gasteiger partial charge < -0.3 is 19.5 Å². The molecule has 0 bridgehead atoms. The highest BCUT2D eigenvalue weighted by Crippen LogP contribution is 2.07. The summed E-state index contributed by atoms with van der Waals surface area (Å²) >= 11 is 0. The summed E-state index contributed by atoms with van der Waals surface area (Å²) in [5.41, 5.74) is -0.455. The molecule has 0 aromatic carbocycles. The molecule has 0 atom stereocenters. The Balaban J connectivity index is 3.29. The normalized spacial score (nSPS) is 11.2. The lowest BCUT2D eigenvalue weighted by atomic mass is 10.2. The maximum Gasteiger partial charge on any atom is 0.308 e. The average molecular weight is 289 g/mol. The van der Waals surface area contributed by atoms with Gasteiger partial charge in [-0.2, -0.15) is 0 Å². The Bertz CT molecular complexity index is 286. The summed E-state index contributed by atoms with van der Waals surface area (Å²) in [5, 5.41) is 2.71. The van der Waals surface area contributed by atoms with Crippen molar-refractivity contribution in [2.24, 2.45) is 0 Å². The highest BCUT2D eigenvalue weighted by molar-refractivity contribution is 5.75. The van der Waals surface area contributed by atoms with E-state index >= 15 is 0 Å². The van der Waals surface area contributed by atoms with Crippen molar-refractivity contribution in [3.05, 3.63) is 0 Å². The topological polar surface area (TPSA) is 73.9 Å². The summed E-state index contributed by atoms with van der Waals surface area (Å²) in [6.45, 7) is 9.44. The van der Waals surface area contributed by atoms with Gasteiger partial charge in [-0.15, -0.1) is 0 Å². The molecule has 1 amide bonds. The summed E-state index contributed by atoms with van der Waals surface area (Å²) in [6, 6.07) is 0. The van der Waals surface area contributed by atoms with E-state index in [0.29, 0.717) is 39.4 Å². The largest absolute Gasteiger partial charge is 0.460 e. The molecular formula is C14H27NO5. The van der Waals surface area contributed by atoms with Crippen LogP contribution in [-0.4, -0.2) is 50.4 Å². The number of ether oxygens (including phenoxy) is 3. The van der Waals surface area contributed by atoms with Crippen molar-refractivity contribution in [3.63, 3.8) is 0 Å². The Hall–Kier alpha value is -1.14. The monoisotopic (exact) mass is 289 g/mol. The van der Waals surface area contributed by atoms with E-state index in [9.17, 15) is 9.59 Å². The van der Waals surface area contributed by atoms with Crippen LogP contribution >= 0.6 is 0 Å². The van der Waals surface area contributed by atoms with E-state index in [1.807, 2.05) is 20.8 Å². The van der Waals surface area contributed by atoms with Gasteiger partial charge in [-0.25, -0.2) is 0 Å². The fraction of sp³-hybridized carbons (Fsp3) is 0.857. The average Bonchev–Trinajstić information content (AvgIpc) is 2.34. The zero-order valence-electron chi connectivity index (χ0n) is 13.0. The standard InChI is InChI=1S/C14H27NO5/c1-5-12(16)15-7-9-19-11-10-18-8-6-13(17)20-14(2,3)4/h5-11H2,1-4H3,(H,15,16). The Morgan fingerprint density at radius 2 is 1.60 bits per heavy atom. The molecule has 0 fully saturated rings. The first kappa shape index (κ1) is 18.9. The molecule has 0 spiro atoms. The molecule has 20 heavy (non-hydrogen) atoms. The molecule has 118 valence electrons. The van der Waals surface area contributed by atoms with Crippen LogP contribution in [0.4, 0.5) is 0 Å². The summed E-state index contributed by atoms with van der Waals surface area (Å²) < 4.78 is 15.7. The van der Waals surface area contributed by atoms with Crippen LogP contribution in [0.1, 0.15) is 40.5 Å². The van der Waals surface area contributed by atoms with Crippen molar-refractivity contribution in [2.75, 3.05) is 33.0 Å². The molecule has 0 aliphatic heterocycles. The fourth-order valence-electron chi connectivity index (χ4n) is 1.26. The van der Waals surface area contributed by atoms with Gasteiger partial charge in [-0.05, 0) is 20.8 Å². The van der Waals surface area contributed by atoms with Crippen LogP contribution < -0.4 is 5.32 Å². The van der Waals surface area contributed by atoms with Crippen LogP contribution in [0.5, 0.6) is 0 Å². The lowest BCUT2D eigenvalue weighted by molar-refractivity contribution is -0.156. The van der Waals surface area contributed by atoms with Crippen molar-refractivity contribution >= 4 is 11.9 Å². The van der Waals surface area contributed by atoms with Crippen LogP contribution in [0.2, 0.25) is 0 Å². The Morgan fingerprint density at radius 1 is 1.00 bits per heavy atom. The number of nitrogens with one attached hydrogen (secondary N) is 1. The smallest absolute Gasteiger partial charge is 0.308 e. The SMILES string of the molecule is CCC(=O)NCCOCCOCCC(=O)OC(C)(C)C.